The molecule has 1 atom stereocenters. The van der Waals surface area contributed by atoms with Gasteiger partial charge in [-0.15, -0.1) is 0 Å². The van der Waals surface area contributed by atoms with E-state index in [0.717, 1.165) is 39.0 Å². The minimum atomic E-state index is -0.266. The van der Waals surface area contributed by atoms with Crippen molar-refractivity contribution in [3.8, 4) is 0 Å². The Labute approximate surface area is 108 Å². The zero-order valence-corrected chi connectivity index (χ0v) is 11.2. The molecule has 1 unspecified atom stereocenters. The van der Waals surface area contributed by atoms with Crippen LogP contribution < -0.4 is 11.5 Å². The first-order valence-corrected chi connectivity index (χ1v) is 6.49. The Morgan fingerprint density at radius 2 is 1.88 bits per heavy atom. The molecule has 17 heavy (non-hydrogen) atoms. The zero-order valence-electron chi connectivity index (χ0n) is 10.4. The third-order valence-electron chi connectivity index (χ3n) is 3.12. The molecule has 0 aliphatic carbocycles. The van der Waals surface area contributed by atoms with Crippen LogP contribution in [0.1, 0.15) is 19.8 Å². The number of thiocarbonyl (C=S) groups is 1. The summed E-state index contributed by atoms with van der Waals surface area (Å²) in [5.74, 6) is -0.266. The van der Waals surface area contributed by atoms with Gasteiger partial charge in [0.05, 0.1) is 17.6 Å². The first-order chi connectivity index (χ1) is 8.04. The average molecular weight is 258 g/mol. The normalized spacial score (nSPS) is 20.1. The topological polar surface area (TPSA) is 75.6 Å². The van der Waals surface area contributed by atoms with Crippen molar-refractivity contribution in [1.29, 1.82) is 0 Å². The van der Waals surface area contributed by atoms with Crippen LogP contribution in [0.2, 0.25) is 0 Å². The van der Waals surface area contributed by atoms with E-state index in [2.05, 4.69) is 16.7 Å². The van der Waals surface area contributed by atoms with Gasteiger partial charge in [0.25, 0.3) is 0 Å². The van der Waals surface area contributed by atoms with E-state index in [1.165, 1.54) is 0 Å². The van der Waals surface area contributed by atoms with Gasteiger partial charge in [-0.25, -0.2) is 0 Å². The number of amides is 1. The van der Waals surface area contributed by atoms with Crippen LogP contribution >= 0.6 is 12.2 Å². The van der Waals surface area contributed by atoms with E-state index in [0.29, 0.717) is 11.5 Å². The quantitative estimate of drug-likeness (QED) is 0.631. The number of carbonyl (C=O) groups excluding carboxylic acids is 1. The van der Waals surface area contributed by atoms with Gasteiger partial charge in [0.15, 0.2) is 0 Å². The van der Waals surface area contributed by atoms with E-state index in [1.807, 2.05) is 0 Å². The molecule has 98 valence electrons. The summed E-state index contributed by atoms with van der Waals surface area (Å²) in [5, 5.41) is 0. The maximum Gasteiger partial charge on any atom is 0.231 e. The second kappa shape index (κ2) is 6.88. The molecular weight excluding hydrogens is 236 g/mol. The van der Waals surface area contributed by atoms with Gasteiger partial charge in [-0.3, -0.25) is 14.6 Å². The van der Waals surface area contributed by atoms with Crippen LogP contribution in [0.15, 0.2) is 0 Å². The van der Waals surface area contributed by atoms with Crippen molar-refractivity contribution in [3.05, 3.63) is 0 Å². The molecule has 1 amide bonds. The molecule has 1 fully saturated rings. The molecule has 4 N–H and O–H groups in total. The third-order valence-corrected chi connectivity index (χ3v) is 3.39. The fraction of sp³-hybridized carbons (Fsp3) is 0.818. The van der Waals surface area contributed by atoms with Gasteiger partial charge in [-0.2, -0.15) is 0 Å². The highest BCUT2D eigenvalue weighted by Gasteiger charge is 2.25. The van der Waals surface area contributed by atoms with Gasteiger partial charge < -0.3 is 11.5 Å². The van der Waals surface area contributed by atoms with Crippen LogP contribution in [0.5, 0.6) is 0 Å². The Morgan fingerprint density at radius 1 is 1.29 bits per heavy atom. The zero-order chi connectivity index (χ0) is 12.8. The Morgan fingerprint density at radius 3 is 2.29 bits per heavy atom. The fourth-order valence-corrected chi connectivity index (χ4v) is 2.50. The Hall–Kier alpha value is -0.720. The predicted octanol–water partition coefficient (Wildman–Crippen LogP) is -0.456. The van der Waals surface area contributed by atoms with Crippen molar-refractivity contribution in [2.24, 2.45) is 11.5 Å². The largest absolute Gasteiger partial charge is 0.392 e. The lowest BCUT2D eigenvalue weighted by Crippen LogP contribution is -2.54. The highest BCUT2D eigenvalue weighted by molar-refractivity contribution is 7.80. The van der Waals surface area contributed by atoms with Gasteiger partial charge >= 0.3 is 0 Å². The molecule has 0 radical (unpaired) electrons. The number of rotatable bonds is 6. The number of primary amides is 1. The lowest BCUT2D eigenvalue weighted by atomic mass is 10.1. The predicted molar refractivity (Wildman–Crippen MR) is 72.7 cm³/mol. The molecule has 5 nitrogen and oxygen atoms in total. The van der Waals surface area contributed by atoms with Crippen LogP contribution in [0.25, 0.3) is 0 Å². The Kier molecular flexibility index (Phi) is 5.80. The van der Waals surface area contributed by atoms with Gasteiger partial charge in [0.2, 0.25) is 5.91 Å². The highest BCUT2D eigenvalue weighted by Crippen LogP contribution is 2.11. The molecule has 1 aliphatic heterocycles. The SMILES string of the molecule is CCCC(C(N)=S)N1CCN(CC(N)=O)CC1. The molecule has 1 rings (SSSR count). The first kappa shape index (κ1) is 14.3. The summed E-state index contributed by atoms with van der Waals surface area (Å²) in [6.45, 7) is 5.98. The van der Waals surface area contributed by atoms with Crippen molar-refractivity contribution in [2.75, 3.05) is 32.7 Å². The summed E-state index contributed by atoms with van der Waals surface area (Å²) in [6, 6.07) is 0.200. The number of nitrogens with two attached hydrogens (primary N) is 2. The van der Waals surface area contributed by atoms with Crippen molar-refractivity contribution < 1.29 is 4.79 Å². The van der Waals surface area contributed by atoms with E-state index in [4.69, 9.17) is 23.7 Å². The Balaban J connectivity index is 2.43. The van der Waals surface area contributed by atoms with Crippen molar-refractivity contribution in [1.82, 2.24) is 9.80 Å². The molecule has 0 bridgehead atoms. The molecule has 1 saturated heterocycles. The third kappa shape index (κ3) is 4.57. The molecule has 0 aromatic heterocycles. The van der Waals surface area contributed by atoms with E-state index in [9.17, 15) is 4.79 Å². The van der Waals surface area contributed by atoms with Crippen molar-refractivity contribution in [3.63, 3.8) is 0 Å². The summed E-state index contributed by atoms with van der Waals surface area (Å²) < 4.78 is 0. The summed E-state index contributed by atoms with van der Waals surface area (Å²) >= 11 is 5.11. The second-order valence-corrected chi connectivity index (χ2v) is 4.96. The lowest BCUT2D eigenvalue weighted by Gasteiger charge is -2.38. The number of piperazine rings is 1. The monoisotopic (exact) mass is 258 g/mol. The maximum absolute atomic E-state index is 10.8. The second-order valence-electron chi connectivity index (χ2n) is 4.49. The first-order valence-electron chi connectivity index (χ1n) is 6.08. The molecule has 0 spiro atoms. The molecule has 1 aliphatic rings. The van der Waals surface area contributed by atoms with E-state index in [1.54, 1.807) is 0 Å². The van der Waals surface area contributed by atoms with Gasteiger partial charge in [-0.1, -0.05) is 25.6 Å². The van der Waals surface area contributed by atoms with Crippen LogP contribution in [-0.4, -0.2) is 59.5 Å². The number of hydrogen-bond acceptors (Lipinski definition) is 4. The lowest BCUT2D eigenvalue weighted by molar-refractivity contribution is -0.119. The van der Waals surface area contributed by atoms with Crippen LogP contribution in [-0.2, 0) is 4.79 Å². The summed E-state index contributed by atoms with van der Waals surface area (Å²) in [5.41, 5.74) is 10.9. The molecule has 1 heterocycles. The van der Waals surface area contributed by atoms with Crippen LogP contribution in [0.4, 0.5) is 0 Å². The number of nitrogens with zero attached hydrogens (tertiary/aromatic N) is 2. The maximum atomic E-state index is 10.8. The van der Waals surface area contributed by atoms with Gasteiger partial charge in [0.1, 0.15) is 0 Å². The summed E-state index contributed by atoms with van der Waals surface area (Å²) in [7, 11) is 0. The Bertz CT molecular complexity index is 277. The minimum Gasteiger partial charge on any atom is -0.392 e. The number of hydrogen-bond donors (Lipinski definition) is 2. The highest BCUT2D eigenvalue weighted by atomic mass is 32.1. The smallest absolute Gasteiger partial charge is 0.231 e. The average Bonchev–Trinajstić information content (AvgIpc) is 2.26. The minimum absolute atomic E-state index is 0.200. The molecule has 0 aromatic rings. The molecule has 6 heteroatoms. The molecule has 0 aromatic carbocycles. The van der Waals surface area contributed by atoms with Gasteiger partial charge in [0, 0.05) is 26.2 Å². The molecule has 0 saturated carbocycles. The summed E-state index contributed by atoms with van der Waals surface area (Å²) in [6.07, 6.45) is 2.08. The van der Waals surface area contributed by atoms with Gasteiger partial charge in [-0.05, 0) is 6.42 Å². The number of carbonyl (C=O) groups is 1. The van der Waals surface area contributed by atoms with E-state index < -0.39 is 0 Å². The molecular formula is C11H22N4OS. The van der Waals surface area contributed by atoms with E-state index in [-0.39, 0.29) is 11.9 Å². The standard InChI is InChI=1S/C11H22N4OS/c1-2-3-9(11(13)17)15-6-4-14(5-7-15)8-10(12)16/h9H,2-8H2,1H3,(H2,12,16)(H2,13,17). The van der Waals surface area contributed by atoms with Crippen molar-refractivity contribution >= 4 is 23.1 Å². The fourth-order valence-electron chi connectivity index (χ4n) is 2.23. The van der Waals surface area contributed by atoms with Crippen LogP contribution in [0, 0.1) is 0 Å². The van der Waals surface area contributed by atoms with E-state index >= 15 is 0 Å². The van der Waals surface area contributed by atoms with Crippen LogP contribution in [0.3, 0.4) is 0 Å². The van der Waals surface area contributed by atoms with Crippen molar-refractivity contribution in [2.45, 2.75) is 25.8 Å². The summed E-state index contributed by atoms with van der Waals surface area (Å²) in [4.78, 5) is 15.8.